The fraction of sp³-hybridized carbons (Fsp3) is 0.400. The van der Waals surface area contributed by atoms with Crippen LogP contribution in [0, 0.1) is 0 Å². The zero-order chi connectivity index (χ0) is 18.9. The summed E-state index contributed by atoms with van der Waals surface area (Å²) in [5, 5.41) is 4.68. The summed E-state index contributed by atoms with van der Waals surface area (Å²) in [5.74, 6) is -0.325. The Labute approximate surface area is 165 Å². The first-order valence-electron chi connectivity index (χ1n) is 9.02. The molecular weight excluding hydrogens is 364 g/mol. The second kappa shape index (κ2) is 10.3. The molecule has 26 heavy (non-hydrogen) atoms. The van der Waals surface area contributed by atoms with Crippen LogP contribution >= 0.6 is 23.6 Å². The van der Waals surface area contributed by atoms with Crippen LogP contribution in [0.2, 0.25) is 0 Å². The zero-order valence-electron chi connectivity index (χ0n) is 15.6. The number of carbonyl (C=O) groups excluding carboxylic acids is 1. The molecule has 0 radical (unpaired) electrons. The average molecular weight is 391 g/mol. The van der Waals surface area contributed by atoms with Gasteiger partial charge < -0.3 is 15.0 Å². The molecule has 0 aliphatic carbocycles. The predicted octanol–water partition coefficient (Wildman–Crippen LogP) is 5.41. The van der Waals surface area contributed by atoms with Gasteiger partial charge in [0.25, 0.3) is 0 Å². The Morgan fingerprint density at radius 1 is 1.15 bits per heavy atom. The highest BCUT2D eigenvalue weighted by molar-refractivity contribution is 7.80. The van der Waals surface area contributed by atoms with E-state index in [0.717, 1.165) is 41.4 Å². The third-order valence-corrected chi connectivity index (χ3v) is 5.24. The van der Waals surface area contributed by atoms with Gasteiger partial charge in [-0.25, -0.2) is 4.79 Å². The number of esters is 1. The first-order chi connectivity index (χ1) is 12.6. The van der Waals surface area contributed by atoms with Crippen LogP contribution in [0.5, 0.6) is 0 Å². The van der Waals surface area contributed by atoms with Gasteiger partial charge in [-0.05, 0) is 43.6 Å². The highest BCUT2D eigenvalue weighted by atomic mass is 32.1. The van der Waals surface area contributed by atoms with Gasteiger partial charge in [-0.15, -0.1) is 11.3 Å². The smallest absolute Gasteiger partial charge is 0.341 e. The molecule has 4 nitrogen and oxygen atoms in total. The van der Waals surface area contributed by atoms with Crippen LogP contribution in [0.3, 0.4) is 0 Å². The molecule has 140 valence electrons. The van der Waals surface area contributed by atoms with Crippen LogP contribution in [0.1, 0.15) is 44.0 Å². The van der Waals surface area contributed by atoms with Crippen molar-refractivity contribution in [1.82, 2.24) is 4.90 Å². The lowest BCUT2D eigenvalue weighted by Crippen LogP contribution is -2.36. The number of thiophene rings is 1. The van der Waals surface area contributed by atoms with E-state index in [2.05, 4.69) is 24.1 Å². The van der Waals surface area contributed by atoms with E-state index < -0.39 is 0 Å². The van der Waals surface area contributed by atoms with E-state index >= 15 is 0 Å². The normalized spacial score (nSPS) is 10.4. The predicted molar refractivity (Wildman–Crippen MR) is 114 cm³/mol. The second-order valence-corrected chi connectivity index (χ2v) is 7.30. The molecule has 2 aromatic rings. The summed E-state index contributed by atoms with van der Waals surface area (Å²) in [6.45, 7) is 8.21. The lowest BCUT2D eigenvalue weighted by molar-refractivity contribution is 0.0528. The van der Waals surface area contributed by atoms with Crippen molar-refractivity contribution in [3.8, 4) is 10.4 Å². The highest BCUT2D eigenvalue weighted by Crippen LogP contribution is 2.36. The number of nitrogens with one attached hydrogen (secondary N) is 1. The van der Waals surface area contributed by atoms with Crippen LogP contribution in [0.25, 0.3) is 10.4 Å². The summed E-state index contributed by atoms with van der Waals surface area (Å²) >= 11 is 7.12. The molecule has 0 spiro atoms. The minimum absolute atomic E-state index is 0.325. The number of benzene rings is 1. The third kappa shape index (κ3) is 5.29. The van der Waals surface area contributed by atoms with Gasteiger partial charge in [0.15, 0.2) is 5.11 Å². The largest absolute Gasteiger partial charge is 0.462 e. The minimum atomic E-state index is -0.325. The van der Waals surface area contributed by atoms with Gasteiger partial charge in [0.05, 0.1) is 12.2 Å². The van der Waals surface area contributed by atoms with Crippen molar-refractivity contribution >= 4 is 39.6 Å². The van der Waals surface area contributed by atoms with Crippen molar-refractivity contribution in [3.05, 3.63) is 42.0 Å². The van der Waals surface area contributed by atoms with E-state index in [-0.39, 0.29) is 5.97 Å². The topological polar surface area (TPSA) is 41.6 Å². The highest BCUT2D eigenvalue weighted by Gasteiger charge is 2.20. The molecule has 6 heteroatoms. The number of hydrogen-bond donors (Lipinski definition) is 1. The molecule has 1 aromatic heterocycles. The Balaban J connectivity index is 2.31. The Kier molecular flexibility index (Phi) is 8.06. The number of hydrogen-bond acceptors (Lipinski definition) is 4. The zero-order valence-corrected chi connectivity index (χ0v) is 17.2. The molecule has 0 bridgehead atoms. The van der Waals surface area contributed by atoms with Gasteiger partial charge in [0, 0.05) is 18.0 Å². The van der Waals surface area contributed by atoms with Gasteiger partial charge >= 0.3 is 5.97 Å². The SMILES string of the molecule is CCCN(CCC)C(=S)Nc1sc(-c2ccccc2)cc1C(=O)OCC. The molecule has 0 saturated carbocycles. The molecule has 0 atom stereocenters. The summed E-state index contributed by atoms with van der Waals surface area (Å²) in [4.78, 5) is 15.6. The fourth-order valence-corrected chi connectivity index (χ4v) is 4.02. The Morgan fingerprint density at radius 2 is 1.81 bits per heavy atom. The number of ether oxygens (including phenoxy) is 1. The number of anilines is 1. The maximum Gasteiger partial charge on any atom is 0.341 e. The second-order valence-electron chi connectivity index (χ2n) is 5.86. The summed E-state index contributed by atoms with van der Waals surface area (Å²) in [5.41, 5.74) is 1.60. The van der Waals surface area contributed by atoms with Crippen molar-refractivity contribution < 1.29 is 9.53 Å². The fourth-order valence-electron chi connectivity index (χ4n) is 2.62. The lowest BCUT2D eigenvalue weighted by atomic mass is 10.1. The quantitative estimate of drug-likeness (QED) is 0.482. The van der Waals surface area contributed by atoms with Crippen LogP contribution in [0.15, 0.2) is 36.4 Å². The van der Waals surface area contributed by atoms with Crippen molar-refractivity contribution in [2.75, 3.05) is 25.0 Å². The van der Waals surface area contributed by atoms with Gasteiger partial charge in [-0.2, -0.15) is 0 Å². The van der Waals surface area contributed by atoms with Crippen LogP contribution < -0.4 is 5.32 Å². The van der Waals surface area contributed by atoms with Crippen molar-refractivity contribution in [3.63, 3.8) is 0 Å². The number of nitrogens with zero attached hydrogens (tertiary/aromatic N) is 1. The molecule has 0 saturated heterocycles. The average Bonchev–Trinajstić information content (AvgIpc) is 3.06. The molecule has 0 unspecified atom stereocenters. The molecule has 2 rings (SSSR count). The first-order valence-corrected chi connectivity index (χ1v) is 10.2. The minimum Gasteiger partial charge on any atom is -0.462 e. The molecule has 0 aliphatic heterocycles. The third-order valence-electron chi connectivity index (χ3n) is 3.78. The number of thiocarbonyl (C=S) groups is 1. The number of carbonyl (C=O) groups is 1. The van der Waals surface area contributed by atoms with Crippen molar-refractivity contribution in [1.29, 1.82) is 0 Å². The molecule has 1 aromatic carbocycles. The first kappa shape index (κ1) is 20.4. The molecule has 1 heterocycles. The standard InChI is InChI=1S/C20H26N2O2S2/c1-4-12-22(13-5-2)20(25)21-18-16(19(23)24-6-3)14-17(26-18)15-10-8-7-9-11-15/h7-11,14H,4-6,12-13H2,1-3H3,(H,21,25). The van der Waals surface area contributed by atoms with Gasteiger partial charge in [0.2, 0.25) is 0 Å². The van der Waals surface area contributed by atoms with Crippen molar-refractivity contribution in [2.24, 2.45) is 0 Å². The van der Waals surface area contributed by atoms with Crippen LogP contribution in [0.4, 0.5) is 5.00 Å². The van der Waals surface area contributed by atoms with E-state index in [9.17, 15) is 4.79 Å². The van der Waals surface area contributed by atoms with Crippen molar-refractivity contribution in [2.45, 2.75) is 33.6 Å². The van der Waals surface area contributed by atoms with E-state index in [1.54, 1.807) is 0 Å². The Bertz CT molecular complexity index is 723. The van der Waals surface area contributed by atoms with E-state index in [1.807, 2.05) is 43.3 Å². The summed E-state index contributed by atoms with van der Waals surface area (Å²) < 4.78 is 5.23. The van der Waals surface area contributed by atoms with Gasteiger partial charge in [-0.1, -0.05) is 44.2 Å². The maximum atomic E-state index is 12.4. The van der Waals surface area contributed by atoms with Crippen LogP contribution in [-0.2, 0) is 4.74 Å². The molecule has 1 N–H and O–H groups in total. The maximum absolute atomic E-state index is 12.4. The summed E-state index contributed by atoms with van der Waals surface area (Å²) in [6, 6.07) is 11.9. The van der Waals surface area contributed by atoms with E-state index in [4.69, 9.17) is 17.0 Å². The van der Waals surface area contributed by atoms with Gasteiger partial charge in [0.1, 0.15) is 5.00 Å². The Morgan fingerprint density at radius 3 is 2.38 bits per heavy atom. The van der Waals surface area contributed by atoms with E-state index in [1.165, 1.54) is 11.3 Å². The molecule has 0 fully saturated rings. The van der Waals surface area contributed by atoms with E-state index in [0.29, 0.717) is 17.3 Å². The van der Waals surface area contributed by atoms with Crippen LogP contribution in [-0.4, -0.2) is 35.7 Å². The summed E-state index contributed by atoms with van der Waals surface area (Å²) in [7, 11) is 0. The lowest BCUT2D eigenvalue weighted by Gasteiger charge is -2.24. The summed E-state index contributed by atoms with van der Waals surface area (Å²) in [6.07, 6.45) is 2.04. The monoisotopic (exact) mass is 390 g/mol. The molecule has 0 aliphatic rings. The van der Waals surface area contributed by atoms with Gasteiger partial charge in [-0.3, -0.25) is 0 Å². The molecular formula is C20H26N2O2S2. The Hall–Kier alpha value is -1.92. The number of rotatable bonds is 8. The molecule has 0 amide bonds.